The third kappa shape index (κ3) is 5.38. The van der Waals surface area contributed by atoms with Crippen molar-refractivity contribution in [2.24, 2.45) is 16.1 Å². The van der Waals surface area contributed by atoms with Gasteiger partial charge in [-0.1, -0.05) is 0 Å². The number of alkyl halides is 1. The number of nitrogens with two attached hydrogens (primary N) is 1. The number of carbonyl (C=O) groups is 2. The van der Waals surface area contributed by atoms with E-state index in [4.69, 9.17) is 33.5 Å². The number of phosphoric acid groups is 1. The molecule has 40 heavy (non-hydrogen) atoms. The highest BCUT2D eigenvalue weighted by Gasteiger charge is 3.00. The Kier molecular flexibility index (Phi) is 8.40. The molecule has 0 aromatic rings. The number of phosphoric ester groups is 1. The van der Waals surface area contributed by atoms with E-state index in [-0.39, 0.29) is 5.84 Å². The molecule has 4 aliphatic rings. The van der Waals surface area contributed by atoms with Crippen LogP contribution in [0.1, 0.15) is 40.5 Å². The number of hydrogen-bond acceptors (Lipinski definition) is 16. The highest BCUT2D eigenvalue weighted by molar-refractivity contribution is 7.48. The lowest BCUT2D eigenvalue weighted by Gasteiger charge is -2.35. The maximum Gasteiger partial charge on any atom is 0.510 e. The van der Waals surface area contributed by atoms with Crippen LogP contribution >= 0.6 is 7.82 Å². The normalized spacial score (nSPS) is 31.7. The van der Waals surface area contributed by atoms with E-state index in [1.54, 1.807) is 27.7 Å². The molecule has 4 N–H and O–H groups in total. The Balaban J connectivity index is 1.44. The molecule has 2 aliphatic heterocycles. The van der Waals surface area contributed by atoms with E-state index in [0.717, 1.165) is 4.90 Å². The number of aliphatic imine (C=N–C) groups is 1. The van der Waals surface area contributed by atoms with Gasteiger partial charge < -0.3 is 44.5 Å². The number of nitrogens with zero attached hydrogens (tertiary/aromatic N) is 2. The number of aliphatic hydroxyl groups is 2. The van der Waals surface area contributed by atoms with E-state index in [1.165, 1.54) is 12.3 Å². The smallest absolute Gasteiger partial charge is 0.432 e. The van der Waals surface area contributed by atoms with Crippen molar-refractivity contribution in [2.75, 3.05) is 20.2 Å². The molecule has 226 valence electrons. The molecular formula is C22H33FN3O13P. The van der Waals surface area contributed by atoms with Crippen LogP contribution in [0.4, 0.5) is 14.0 Å². The van der Waals surface area contributed by atoms with Crippen molar-refractivity contribution >= 4 is 26.0 Å². The van der Waals surface area contributed by atoms with Gasteiger partial charge in [0, 0.05) is 11.6 Å². The number of aliphatic hydroxyl groups excluding tert-OH is 1. The minimum atomic E-state index is -4.71. The lowest BCUT2D eigenvalue weighted by atomic mass is 10.1. The standard InChI is InChI=1S/C22H33FN3O13P/c1-12(2)37-18(28)32-10-35-40(31,36-11-33-19(29)38-13(3)4)34-9-21-20(6-7-20)22(21,30)15(23)16(39-21)26-8-5-14(24)25-17(26)27/h5,8,12-13,15-17,27,30H,6-7,9-11H2,1-4H3,(H2,24,25)/t15-,16+,17?,21-,22+/m0/s1. The van der Waals surface area contributed by atoms with Gasteiger partial charge in [-0.05, 0) is 46.6 Å². The second-order valence-electron chi connectivity index (χ2n) is 10.1. The second-order valence-corrected chi connectivity index (χ2v) is 11.8. The van der Waals surface area contributed by atoms with Crippen LogP contribution < -0.4 is 5.73 Å². The summed E-state index contributed by atoms with van der Waals surface area (Å²) in [7, 11) is -4.71. The zero-order valence-corrected chi connectivity index (χ0v) is 23.2. The van der Waals surface area contributed by atoms with Gasteiger partial charge in [-0.2, -0.15) is 0 Å². The van der Waals surface area contributed by atoms with Gasteiger partial charge in [0.25, 0.3) is 0 Å². The van der Waals surface area contributed by atoms with Gasteiger partial charge in [0.05, 0.1) is 18.8 Å². The van der Waals surface area contributed by atoms with Crippen molar-refractivity contribution in [1.82, 2.24) is 4.90 Å². The first-order valence-electron chi connectivity index (χ1n) is 12.4. The van der Waals surface area contributed by atoms with E-state index in [2.05, 4.69) is 14.5 Å². The number of halogens is 1. The number of ether oxygens (including phenoxy) is 5. The van der Waals surface area contributed by atoms with Gasteiger partial charge in [-0.15, -0.1) is 0 Å². The molecule has 0 radical (unpaired) electrons. The minimum Gasteiger partial charge on any atom is -0.432 e. The van der Waals surface area contributed by atoms with E-state index < -0.39 is 87.9 Å². The molecule has 0 bridgehead atoms. The number of rotatable bonds is 12. The Labute approximate surface area is 228 Å². The molecule has 3 fully saturated rings. The van der Waals surface area contributed by atoms with Crippen LogP contribution in [0.2, 0.25) is 0 Å². The summed E-state index contributed by atoms with van der Waals surface area (Å²) in [5.41, 5.74) is 0.747. The molecule has 0 amide bonds. The Morgan fingerprint density at radius 3 is 2.17 bits per heavy atom. The third-order valence-corrected chi connectivity index (χ3v) is 8.17. The van der Waals surface area contributed by atoms with Crippen molar-refractivity contribution in [1.29, 1.82) is 0 Å². The zero-order chi connectivity index (χ0) is 29.5. The number of carbonyl (C=O) groups excluding carboxylic acids is 2. The van der Waals surface area contributed by atoms with Crippen molar-refractivity contribution in [2.45, 2.75) is 82.7 Å². The van der Waals surface area contributed by atoms with Gasteiger partial charge in [-0.25, -0.2) is 32.6 Å². The van der Waals surface area contributed by atoms with Crippen LogP contribution in [-0.2, 0) is 41.8 Å². The monoisotopic (exact) mass is 597 g/mol. The minimum absolute atomic E-state index is 0.00645. The fourth-order valence-corrected chi connectivity index (χ4v) is 5.95. The van der Waals surface area contributed by atoms with Crippen LogP contribution in [-0.4, -0.2) is 95.6 Å². The summed E-state index contributed by atoms with van der Waals surface area (Å²) in [4.78, 5) is 28.1. The highest BCUT2D eigenvalue weighted by Crippen LogP contribution is 2.85. The number of fused-ring (bicyclic) bond motifs is 3. The third-order valence-electron chi connectivity index (χ3n) is 6.88. The molecule has 5 atom stereocenters. The summed E-state index contributed by atoms with van der Waals surface area (Å²) in [6, 6.07) is 0. The molecule has 2 saturated carbocycles. The molecule has 1 unspecified atom stereocenters. The molecule has 4 rings (SSSR count). The molecule has 18 heteroatoms. The Hall–Kier alpha value is -2.53. The van der Waals surface area contributed by atoms with Gasteiger partial charge in [0.1, 0.15) is 17.0 Å². The first kappa shape index (κ1) is 30.4. The molecule has 1 spiro atoms. The van der Waals surface area contributed by atoms with Gasteiger partial charge in [0.2, 0.25) is 19.9 Å². The Morgan fingerprint density at radius 2 is 1.70 bits per heavy atom. The van der Waals surface area contributed by atoms with Crippen LogP contribution in [0.15, 0.2) is 17.3 Å². The molecule has 0 aromatic carbocycles. The van der Waals surface area contributed by atoms with Crippen molar-refractivity contribution in [3.8, 4) is 0 Å². The quantitative estimate of drug-likeness (QED) is 0.166. The largest absolute Gasteiger partial charge is 0.510 e. The average molecular weight is 597 g/mol. The summed E-state index contributed by atoms with van der Waals surface area (Å²) in [5.74, 6) is 0.00645. The van der Waals surface area contributed by atoms with E-state index in [9.17, 15) is 24.4 Å². The van der Waals surface area contributed by atoms with Crippen molar-refractivity contribution < 1.29 is 66.0 Å². The molecule has 1 saturated heterocycles. The first-order chi connectivity index (χ1) is 18.7. The van der Waals surface area contributed by atoms with Crippen molar-refractivity contribution in [3.05, 3.63) is 12.3 Å². The van der Waals surface area contributed by atoms with Crippen molar-refractivity contribution in [3.63, 3.8) is 0 Å². The summed E-state index contributed by atoms with van der Waals surface area (Å²) < 4.78 is 69.4. The Morgan fingerprint density at radius 1 is 1.15 bits per heavy atom. The number of amidine groups is 1. The van der Waals surface area contributed by atoms with Crippen LogP contribution in [0.25, 0.3) is 0 Å². The molecule has 2 heterocycles. The average Bonchev–Trinajstić information content (AvgIpc) is 3.70. The maximum atomic E-state index is 15.7. The van der Waals surface area contributed by atoms with E-state index in [1.807, 2.05) is 0 Å². The first-order valence-corrected chi connectivity index (χ1v) is 13.9. The fourth-order valence-electron chi connectivity index (χ4n) is 5.02. The topological polar surface area (TPSA) is 207 Å². The molecule has 0 aromatic heterocycles. The number of hydrogen-bond donors (Lipinski definition) is 3. The summed E-state index contributed by atoms with van der Waals surface area (Å²) in [5, 5.41) is 21.6. The summed E-state index contributed by atoms with van der Waals surface area (Å²) in [6.07, 6.45) is -5.05. The summed E-state index contributed by atoms with van der Waals surface area (Å²) >= 11 is 0. The predicted octanol–water partition coefficient (Wildman–Crippen LogP) is 1.60. The van der Waals surface area contributed by atoms with Gasteiger partial charge in [-0.3, -0.25) is 4.52 Å². The summed E-state index contributed by atoms with van der Waals surface area (Å²) in [6.45, 7) is 3.67. The van der Waals surface area contributed by atoms with Crippen LogP contribution in [0.3, 0.4) is 0 Å². The molecular weight excluding hydrogens is 564 g/mol. The SMILES string of the molecule is CC(C)OC(=O)OCOP(=O)(OCOC(=O)OC(C)C)OC[C@@]12O[C@@H](N3C=CC(N)=NC3O)[C@H](F)[C@@]1(O)C21CC1. The zero-order valence-electron chi connectivity index (χ0n) is 22.3. The van der Waals surface area contributed by atoms with E-state index >= 15 is 4.39 Å². The molecule has 2 aliphatic carbocycles. The van der Waals surface area contributed by atoms with Gasteiger partial charge in [0.15, 0.2) is 12.4 Å². The lowest BCUT2D eigenvalue weighted by molar-refractivity contribution is -0.155. The maximum absolute atomic E-state index is 15.7. The van der Waals surface area contributed by atoms with Gasteiger partial charge >= 0.3 is 20.1 Å². The van der Waals surface area contributed by atoms with Crippen LogP contribution in [0.5, 0.6) is 0 Å². The second kappa shape index (κ2) is 11.0. The van der Waals surface area contributed by atoms with Crippen LogP contribution in [0, 0.1) is 5.41 Å². The van der Waals surface area contributed by atoms with E-state index in [0.29, 0.717) is 12.8 Å². The highest BCUT2D eigenvalue weighted by atomic mass is 31.2. The Bertz CT molecular complexity index is 1070. The lowest BCUT2D eigenvalue weighted by Crippen LogP contribution is -2.49. The fraction of sp³-hybridized carbons (Fsp3) is 0.773. The predicted molar refractivity (Wildman–Crippen MR) is 129 cm³/mol. The molecule has 16 nitrogen and oxygen atoms in total.